The maximum absolute atomic E-state index is 11.9. The first-order chi connectivity index (χ1) is 11.6. The predicted molar refractivity (Wildman–Crippen MR) is 91.2 cm³/mol. The quantitative estimate of drug-likeness (QED) is 0.764. The van der Waals surface area contributed by atoms with Gasteiger partial charge in [0.2, 0.25) is 0 Å². The van der Waals surface area contributed by atoms with Gasteiger partial charge in [0.15, 0.2) is 0 Å². The Hall–Kier alpha value is -2.41. The zero-order valence-corrected chi connectivity index (χ0v) is 14.7. The van der Waals surface area contributed by atoms with Crippen LogP contribution in [0.5, 0.6) is 0 Å². The fourth-order valence-corrected chi connectivity index (χ4v) is 2.46. The Balaban J connectivity index is 1.95. The molecule has 0 radical (unpaired) electrons. The summed E-state index contributed by atoms with van der Waals surface area (Å²) in [7, 11) is 1.27. The number of methoxy groups -OCH3 is 1. The van der Waals surface area contributed by atoms with Crippen LogP contribution in [0.1, 0.15) is 11.1 Å². The minimum Gasteiger partial charge on any atom is -0.467 e. The molecule has 7 heteroatoms. The standard InChI is InChI=1S/C17H17BrN2O4/c1-23-16(21)15(8-13-7-14(18)10-19-9-13)20-17(22)24-11-12-5-3-2-4-6-12/h2-7,9-10,15H,8,11H2,1H3,(H,20,22). The fourth-order valence-electron chi connectivity index (χ4n) is 2.05. The van der Waals surface area contributed by atoms with Gasteiger partial charge in [0, 0.05) is 23.3 Å². The molecule has 1 atom stereocenters. The lowest BCUT2D eigenvalue weighted by molar-refractivity contribution is -0.143. The third-order valence-electron chi connectivity index (χ3n) is 3.19. The Kier molecular flexibility index (Phi) is 6.74. The van der Waals surface area contributed by atoms with E-state index in [0.717, 1.165) is 15.6 Å². The summed E-state index contributed by atoms with van der Waals surface area (Å²) in [4.78, 5) is 27.9. The number of alkyl carbamates (subject to hydrolysis) is 1. The highest BCUT2D eigenvalue weighted by Crippen LogP contribution is 2.12. The summed E-state index contributed by atoms with van der Waals surface area (Å²) in [6.45, 7) is 0.124. The number of esters is 1. The van der Waals surface area contributed by atoms with Crippen molar-refractivity contribution >= 4 is 28.0 Å². The number of ether oxygens (including phenoxy) is 2. The van der Waals surface area contributed by atoms with E-state index in [2.05, 4.69) is 26.2 Å². The van der Waals surface area contributed by atoms with Crippen molar-refractivity contribution in [1.29, 1.82) is 0 Å². The first kappa shape index (κ1) is 17.9. The lowest BCUT2D eigenvalue weighted by atomic mass is 10.1. The second kappa shape index (κ2) is 9.02. The Labute approximate surface area is 148 Å². The summed E-state index contributed by atoms with van der Waals surface area (Å²) in [6, 6.07) is 10.2. The van der Waals surface area contributed by atoms with Crippen molar-refractivity contribution in [3.05, 3.63) is 64.4 Å². The number of halogens is 1. The third-order valence-corrected chi connectivity index (χ3v) is 3.63. The third kappa shape index (κ3) is 5.66. The number of benzene rings is 1. The van der Waals surface area contributed by atoms with E-state index in [1.165, 1.54) is 7.11 Å². The number of nitrogens with zero attached hydrogens (tertiary/aromatic N) is 1. The lowest BCUT2D eigenvalue weighted by Gasteiger charge is -2.16. The van der Waals surface area contributed by atoms with Crippen molar-refractivity contribution < 1.29 is 19.1 Å². The van der Waals surface area contributed by atoms with Gasteiger partial charge >= 0.3 is 12.1 Å². The highest BCUT2D eigenvalue weighted by atomic mass is 79.9. The first-order valence-corrected chi connectivity index (χ1v) is 8.02. The average molecular weight is 393 g/mol. The van der Waals surface area contributed by atoms with Gasteiger partial charge in [-0.2, -0.15) is 0 Å². The topological polar surface area (TPSA) is 77.5 Å². The summed E-state index contributed by atoms with van der Waals surface area (Å²) >= 11 is 3.32. The second-order valence-corrected chi connectivity index (χ2v) is 5.91. The van der Waals surface area contributed by atoms with E-state index in [0.29, 0.717) is 0 Å². The molecule has 1 aromatic carbocycles. The van der Waals surface area contributed by atoms with Crippen LogP contribution in [-0.4, -0.2) is 30.2 Å². The van der Waals surface area contributed by atoms with Crippen molar-refractivity contribution in [1.82, 2.24) is 10.3 Å². The molecule has 0 bridgehead atoms. The fraction of sp³-hybridized carbons (Fsp3) is 0.235. The van der Waals surface area contributed by atoms with Crippen molar-refractivity contribution in [3.63, 3.8) is 0 Å². The number of hydrogen-bond acceptors (Lipinski definition) is 5. The molecular formula is C17H17BrN2O4. The molecule has 2 aromatic rings. The molecule has 0 saturated heterocycles. The molecule has 0 saturated carbocycles. The van der Waals surface area contributed by atoms with Crippen LogP contribution >= 0.6 is 15.9 Å². The number of hydrogen-bond donors (Lipinski definition) is 1. The zero-order valence-electron chi connectivity index (χ0n) is 13.1. The van der Waals surface area contributed by atoms with E-state index in [4.69, 9.17) is 9.47 Å². The molecule has 24 heavy (non-hydrogen) atoms. The summed E-state index contributed by atoms with van der Waals surface area (Å²) in [5.41, 5.74) is 1.64. The van der Waals surface area contributed by atoms with E-state index >= 15 is 0 Å². The lowest BCUT2D eigenvalue weighted by Crippen LogP contribution is -2.43. The van der Waals surface area contributed by atoms with Crippen molar-refractivity contribution in [3.8, 4) is 0 Å². The van der Waals surface area contributed by atoms with Crippen LogP contribution in [0.4, 0.5) is 4.79 Å². The molecule has 6 nitrogen and oxygen atoms in total. The molecule has 1 unspecified atom stereocenters. The summed E-state index contributed by atoms with van der Waals surface area (Å²) < 4.78 is 10.7. The van der Waals surface area contributed by atoms with E-state index in [-0.39, 0.29) is 13.0 Å². The number of carbonyl (C=O) groups excluding carboxylic acids is 2. The van der Waals surface area contributed by atoms with Crippen LogP contribution in [0, 0.1) is 0 Å². The first-order valence-electron chi connectivity index (χ1n) is 7.23. The van der Waals surface area contributed by atoms with Gasteiger partial charge in [0.25, 0.3) is 0 Å². The van der Waals surface area contributed by atoms with Gasteiger partial charge < -0.3 is 14.8 Å². The molecule has 2 rings (SSSR count). The van der Waals surface area contributed by atoms with E-state index in [1.807, 2.05) is 36.4 Å². The van der Waals surface area contributed by atoms with Crippen molar-refractivity contribution in [2.75, 3.05) is 7.11 Å². The highest BCUT2D eigenvalue weighted by Gasteiger charge is 2.23. The average Bonchev–Trinajstić information content (AvgIpc) is 2.59. The van der Waals surface area contributed by atoms with Gasteiger partial charge in [0.05, 0.1) is 7.11 Å². The summed E-state index contributed by atoms with van der Waals surface area (Å²) in [5.74, 6) is -0.549. The number of rotatable bonds is 6. The van der Waals surface area contributed by atoms with E-state index < -0.39 is 18.1 Å². The van der Waals surface area contributed by atoms with Gasteiger partial charge in [-0.15, -0.1) is 0 Å². The number of carbonyl (C=O) groups is 2. The minimum absolute atomic E-state index is 0.124. The van der Waals surface area contributed by atoms with Crippen LogP contribution in [0.15, 0.2) is 53.3 Å². The molecule has 0 fully saturated rings. The maximum Gasteiger partial charge on any atom is 0.408 e. The number of nitrogens with one attached hydrogen (secondary N) is 1. The van der Waals surface area contributed by atoms with Crippen LogP contribution in [0.3, 0.4) is 0 Å². The van der Waals surface area contributed by atoms with Crippen LogP contribution in [0.25, 0.3) is 0 Å². The van der Waals surface area contributed by atoms with Crippen molar-refractivity contribution in [2.24, 2.45) is 0 Å². The molecular weight excluding hydrogens is 376 g/mol. The molecule has 0 aliphatic rings. The molecule has 1 aromatic heterocycles. The normalized spacial score (nSPS) is 11.4. The van der Waals surface area contributed by atoms with Gasteiger partial charge in [-0.25, -0.2) is 9.59 Å². The van der Waals surface area contributed by atoms with Gasteiger partial charge in [0.1, 0.15) is 12.6 Å². The van der Waals surface area contributed by atoms with Crippen LogP contribution in [0.2, 0.25) is 0 Å². The highest BCUT2D eigenvalue weighted by molar-refractivity contribution is 9.10. The Bertz CT molecular complexity index is 694. The van der Waals surface area contributed by atoms with E-state index in [9.17, 15) is 9.59 Å². The molecule has 0 spiro atoms. The Morgan fingerprint density at radius 2 is 1.96 bits per heavy atom. The maximum atomic E-state index is 11.9. The molecule has 1 heterocycles. The molecule has 0 aliphatic heterocycles. The van der Waals surface area contributed by atoms with E-state index in [1.54, 1.807) is 12.4 Å². The van der Waals surface area contributed by atoms with Gasteiger partial charge in [-0.1, -0.05) is 30.3 Å². The summed E-state index contributed by atoms with van der Waals surface area (Å²) in [5, 5.41) is 2.53. The predicted octanol–water partition coefficient (Wildman–Crippen LogP) is 2.85. The molecule has 126 valence electrons. The second-order valence-electron chi connectivity index (χ2n) is 5.00. The Morgan fingerprint density at radius 3 is 2.62 bits per heavy atom. The SMILES string of the molecule is COC(=O)C(Cc1cncc(Br)c1)NC(=O)OCc1ccccc1. The van der Waals surface area contributed by atoms with Crippen LogP contribution in [-0.2, 0) is 27.3 Å². The monoisotopic (exact) mass is 392 g/mol. The van der Waals surface area contributed by atoms with Gasteiger partial charge in [-0.3, -0.25) is 4.98 Å². The smallest absolute Gasteiger partial charge is 0.408 e. The van der Waals surface area contributed by atoms with Gasteiger partial charge in [-0.05, 0) is 33.1 Å². The molecule has 1 amide bonds. The number of pyridine rings is 1. The largest absolute Gasteiger partial charge is 0.467 e. The molecule has 0 aliphatic carbocycles. The molecule has 1 N–H and O–H groups in total. The zero-order chi connectivity index (χ0) is 17.4. The van der Waals surface area contributed by atoms with Crippen LogP contribution < -0.4 is 5.32 Å². The van der Waals surface area contributed by atoms with Crippen molar-refractivity contribution in [2.45, 2.75) is 19.1 Å². The summed E-state index contributed by atoms with van der Waals surface area (Å²) in [6.07, 6.45) is 2.83. The minimum atomic E-state index is -0.852. The Morgan fingerprint density at radius 1 is 1.21 bits per heavy atom. The number of amides is 1. The number of aromatic nitrogens is 1.